The van der Waals surface area contributed by atoms with E-state index < -0.39 is 0 Å². The van der Waals surface area contributed by atoms with Gasteiger partial charge in [0.25, 0.3) is 5.91 Å². The number of aryl methyl sites for hydroxylation is 1. The topological polar surface area (TPSA) is 69.0 Å². The number of aromatic nitrogens is 3. The minimum atomic E-state index is -0.224. The van der Waals surface area contributed by atoms with Crippen molar-refractivity contribution >= 4 is 22.6 Å². The van der Waals surface area contributed by atoms with Gasteiger partial charge in [0.15, 0.2) is 5.65 Å². The second kappa shape index (κ2) is 6.62. The first kappa shape index (κ1) is 18.5. The maximum atomic E-state index is 13.3. The molecule has 0 atom stereocenters. The number of hydrogen-bond donors (Lipinski definition) is 1. The van der Waals surface area contributed by atoms with Crippen molar-refractivity contribution in [2.75, 3.05) is 12.4 Å². The zero-order valence-corrected chi connectivity index (χ0v) is 17.0. The average Bonchev–Trinajstić information content (AvgIpc) is 3.44. The van der Waals surface area contributed by atoms with Crippen LogP contribution in [-0.4, -0.2) is 27.8 Å². The molecule has 1 aliphatic carbocycles. The summed E-state index contributed by atoms with van der Waals surface area (Å²) < 4.78 is 7.30. The number of carbonyl (C=O) groups is 1. The van der Waals surface area contributed by atoms with Crippen molar-refractivity contribution < 1.29 is 9.53 Å². The second-order valence-corrected chi connectivity index (χ2v) is 8.39. The highest BCUT2D eigenvalue weighted by atomic mass is 16.5. The van der Waals surface area contributed by atoms with Gasteiger partial charge in [-0.2, -0.15) is 5.10 Å². The number of hydrogen-bond acceptors (Lipinski definition) is 4. The van der Waals surface area contributed by atoms with Crippen LogP contribution in [-0.2, 0) is 5.54 Å². The molecule has 0 saturated heterocycles. The van der Waals surface area contributed by atoms with Crippen molar-refractivity contribution in [2.45, 2.75) is 52.0 Å². The Morgan fingerprint density at radius 1 is 1.25 bits per heavy atom. The number of ether oxygens (including phenoxy) is 1. The third-order valence-electron chi connectivity index (χ3n) is 5.06. The predicted molar refractivity (Wildman–Crippen MR) is 110 cm³/mol. The highest BCUT2D eigenvalue weighted by Crippen LogP contribution is 2.41. The summed E-state index contributed by atoms with van der Waals surface area (Å²) in [6.07, 6.45) is 2.24. The molecule has 146 valence electrons. The van der Waals surface area contributed by atoms with Gasteiger partial charge in [0.2, 0.25) is 0 Å². The lowest BCUT2D eigenvalue weighted by atomic mass is 10.1. The van der Waals surface area contributed by atoms with E-state index in [0.29, 0.717) is 22.9 Å². The van der Waals surface area contributed by atoms with Gasteiger partial charge in [-0.3, -0.25) is 4.79 Å². The molecule has 6 nitrogen and oxygen atoms in total. The molecule has 0 unspecified atom stereocenters. The van der Waals surface area contributed by atoms with E-state index in [1.807, 2.05) is 41.9 Å². The van der Waals surface area contributed by atoms with Crippen LogP contribution < -0.4 is 10.1 Å². The van der Waals surface area contributed by atoms with Crippen LogP contribution in [0.1, 0.15) is 61.3 Å². The lowest BCUT2D eigenvalue weighted by molar-refractivity contribution is 0.102. The van der Waals surface area contributed by atoms with Crippen LogP contribution in [0, 0.1) is 6.92 Å². The highest BCUT2D eigenvalue weighted by Gasteiger charge is 2.30. The van der Waals surface area contributed by atoms with E-state index in [2.05, 4.69) is 26.1 Å². The van der Waals surface area contributed by atoms with E-state index in [4.69, 9.17) is 14.8 Å². The van der Waals surface area contributed by atoms with Crippen molar-refractivity contribution in [3.63, 3.8) is 0 Å². The third-order valence-corrected chi connectivity index (χ3v) is 5.06. The molecule has 1 fully saturated rings. The Balaban J connectivity index is 1.85. The average molecular weight is 378 g/mol. The smallest absolute Gasteiger partial charge is 0.256 e. The lowest BCUT2D eigenvalue weighted by Crippen LogP contribution is -2.23. The third kappa shape index (κ3) is 3.23. The SMILES string of the molecule is COc1ccccc1NC(=O)c1cc(C2CC2)nc2c1c(C)nn2C(C)(C)C. The molecular formula is C22H26N4O2. The number of para-hydroxylation sites is 2. The van der Waals surface area contributed by atoms with E-state index in [0.717, 1.165) is 35.3 Å². The first-order valence-corrected chi connectivity index (χ1v) is 9.64. The molecule has 2 heterocycles. The number of benzene rings is 1. The molecule has 1 N–H and O–H groups in total. The van der Waals surface area contributed by atoms with E-state index >= 15 is 0 Å². The van der Waals surface area contributed by atoms with Crippen LogP contribution in [0.2, 0.25) is 0 Å². The van der Waals surface area contributed by atoms with Crippen LogP contribution in [0.15, 0.2) is 30.3 Å². The quantitative estimate of drug-likeness (QED) is 0.718. The number of pyridine rings is 1. The maximum Gasteiger partial charge on any atom is 0.256 e. The van der Waals surface area contributed by atoms with Crippen molar-refractivity contribution in [1.82, 2.24) is 14.8 Å². The summed E-state index contributed by atoms with van der Waals surface area (Å²) in [6.45, 7) is 8.22. The number of nitrogens with zero attached hydrogens (tertiary/aromatic N) is 3. The fourth-order valence-corrected chi connectivity index (χ4v) is 3.48. The molecule has 1 aromatic carbocycles. The Kier molecular flexibility index (Phi) is 4.37. The van der Waals surface area contributed by atoms with E-state index in [1.54, 1.807) is 7.11 Å². The number of amides is 1. The number of carbonyl (C=O) groups excluding carboxylic acids is 1. The van der Waals surface area contributed by atoms with Gasteiger partial charge in [0.05, 0.1) is 35.0 Å². The minimum Gasteiger partial charge on any atom is -0.495 e. The fraction of sp³-hybridized carbons (Fsp3) is 0.409. The Bertz CT molecular complexity index is 1060. The zero-order valence-electron chi connectivity index (χ0n) is 17.0. The van der Waals surface area contributed by atoms with Crippen LogP contribution >= 0.6 is 0 Å². The van der Waals surface area contributed by atoms with Gasteiger partial charge in [-0.25, -0.2) is 9.67 Å². The van der Waals surface area contributed by atoms with Crippen LogP contribution in [0.3, 0.4) is 0 Å². The fourth-order valence-electron chi connectivity index (χ4n) is 3.48. The Morgan fingerprint density at radius 3 is 2.61 bits per heavy atom. The van der Waals surface area contributed by atoms with Crippen molar-refractivity contribution in [3.8, 4) is 5.75 Å². The molecule has 0 radical (unpaired) electrons. The summed E-state index contributed by atoms with van der Waals surface area (Å²) in [6, 6.07) is 9.35. The van der Waals surface area contributed by atoms with Gasteiger partial charge in [-0.1, -0.05) is 12.1 Å². The first-order chi connectivity index (χ1) is 13.3. The number of methoxy groups -OCH3 is 1. The number of fused-ring (bicyclic) bond motifs is 1. The van der Waals surface area contributed by atoms with Gasteiger partial charge in [-0.05, 0) is 58.7 Å². The van der Waals surface area contributed by atoms with Gasteiger partial charge < -0.3 is 10.1 Å². The molecule has 1 amide bonds. The predicted octanol–water partition coefficient (Wildman–Crippen LogP) is 4.63. The number of nitrogens with one attached hydrogen (secondary N) is 1. The normalized spacial score (nSPS) is 14.3. The van der Waals surface area contributed by atoms with Crippen molar-refractivity contribution in [1.29, 1.82) is 0 Å². The number of anilines is 1. The molecule has 0 spiro atoms. The Labute approximate surface area is 164 Å². The van der Waals surface area contributed by atoms with Crippen LogP contribution in [0.5, 0.6) is 5.75 Å². The van der Waals surface area contributed by atoms with Crippen molar-refractivity contribution in [2.24, 2.45) is 0 Å². The molecule has 1 aliphatic rings. The zero-order chi connectivity index (χ0) is 20.1. The van der Waals surface area contributed by atoms with Crippen LogP contribution in [0.25, 0.3) is 11.0 Å². The lowest BCUT2D eigenvalue weighted by Gasteiger charge is -2.20. The molecule has 6 heteroatoms. The Hall–Kier alpha value is -2.89. The monoisotopic (exact) mass is 378 g/mol. The van der Waals surface area contributed by atoms with E-state index in [1.165, 1.54) is 0 Å². The first-order valence-electron chi connectivity index (χ1n) is 9.64. The van der Waals surface area contributed by atoms with E-state index in [-0.39, 0.29) is 11.4 Å². The molecule has 28 heavy (non-hydrogen) atoms. The van der Waals surface area contributed by atoms with Crippen molar-refractivity contribution in [3.05, 3.63) is 47.3 Å². The summed E-state index contributed by atoms with van der Waals surface area (Å²) in [5, 5.41) is 8.53. The summed E-state index contributed by atoms with van der Waals surface area (Å²) in [5.41, 5.74) is 3.60. The Morgan fingerprint density at radius 2 is 1.96 bits per heavy atom. The summed E-state index contributed by atoms with van der Waals surface area (Å²) in [7, 11) is 1.60. The minimum absolute atomic E-state index is 0.171. The molecular weight excluding hydrogens is 352 g/mol. The maximum absolute atomic E-state index is 13.3. The van der Waals surface area contributed by atoms with Crippen LogP contribution in [0.4, 0.5) is 5.69 Å². The summed E-state index contributed by atoms with van der Waals surface area (Å²) >= 11 is 0. The molecule has 4 rings (SSSR count). The standard InChI is InChI=1S/C22H26N4O2/c1-13-19-15(21(27)24-16-8-6-7-9-18(16)28-5)12-17(14-10-11-14)23-20(19)26(25-13)22(2,3)4/h6-9,12,14H,10-11H2,1-5H3,(H,24,27). The second-order valence-electron chi connectivity index (χ2n) is 8.39. The van der Waals surface area contributed by atoms with Gasteiger partial charge in [0, 0.05) is 11.6 Å². The molecule has 1 saturated carbocycles. The van der Waals surface area contributed by atoms with Gasteiger partial charge in [0.1, 0.15) is 5.75 Å². The molecule has 3 aromatic rings. The number of rotatable bonds is 4. The summed E-state index contributed by atoms with van der Waals surface area (Å²) in [4.78, 5) is 18.2. The molecule has 2 aromatic heterocycles. The van der Waals surface area contributed by atoms with Gasteiger partial charge in [-0.15, -0.1) is 0 Å². The van der Waals surface area contributed by atoms with Gasteiger partial charge >= 0.3 is 0 Å². The highest BCUT2D eigenvalue weighted by molar-refractivity contribution is 6.13. The van der Waals surface area contributed by atoms with E-state index in [9.17, 15) is 4.79 Å². The largest absolute Gasteiger partial charge is 0.495 e. The molecule has 0 bridgehead atoms. The summed E-state index contributed by atoms with van der Waals surface area (Å²) in [5.74, 6) is 0.895. The molecule has 0 aliphatic heterocycles.